The summed E-state index contributed by atoms with van der Waals surface area (Å²) < 4.78 is 26.0. The van der Waals surface area contributed by atoms with Crippen LogP contribution in [0.25, 0.3) is 0 Å². The highest BCUT2D eigenvalue weighted by Crippen LogP contribution is 2.18. The third-order valence-corrected chi connectivity index (χ3v) is 3.58. The lowest BCUT2D eigenvalue weighted by atomic mass is 9.95. The number of amides is 1. The molecule has 0 fully saturated rings. The predicted molar refractivity (Wildman–Crippen MR) is 75.8 cm³/mol. The van der Waals surface area contributed by atoms with Crippen molar-refractivity contribution >= 4 is 11.6 Å². The van der Waals surface area contributed by atoms with Crippen LogP contribution in [0.3, 0.4) is 0 Å². The van der Waals surface area contributed by atoms with Crippen LogP contribution in [0, 0.1) is 11.6 Å². The number of halogens is 2. The van der Waals surface area contributed by atoms with E-state index < -0.39 is 11.6 Å². The van der Waals surface area contributed by atoms with Crippen molar-refractivity contribution in [3.63, 3.8) is 0 Å². The molecule has 2 N–H and O–H groups in total. The minimum absolute atomic E-state index is 0.250. The summed E-state index contributed by atoms with van der Waals surface area (Å²) in [5.41, 5.74) is 2.55. The summed E-state index contributed by atoms with van der Waals surface area (Å²) in [5, 5.41) is 5.74. The highest BCUT2D eigenvalue weighted by atomic mass is 19.2. The monoisotopic (exact) mass is 288 g/mol. The van der Waals surface area contributed by atoms with Crippen molar-refractivity contribution < 1.29 is 13.6 Å². The molecule has 0 unspecified atom stereocenters. The van der Waals surface area contributed by atoms with E-state index in [0.717, 1.165) is 17.7 Å². The van der Waals surface area contributed by atoms with Crippen LogP contribution in [0.5, 0.6) is 0 Å². The molecule has 3 rings (SSSR count). The molecular formula is C16H14F2N2O. The van der Waals surface area contributed by atoms with Gasteiger partial charge in [0, 0.05) is 18.3 Å². The number of hydrogen-bond acceptors (Lipinski definition) is 2. The highest BCUT2D eigenvalue weighted by Gasteiger charge is 2.24. The molecular weight excluding hydrogens is 274 g/mol. The van der Waals surface area contributed by atoms with Crippen LogP contribution in [0.4, 0.5) is 14.5 Å². The van der Waals surface area contributed by atoms with E-state index >= 15 is 0 Å². The van der Waals surface area contributed by atoms with Gasteiger partial charge in [-0.2, -0.15) is 0 Å². The lowest BCUT2D eigenvalue weighted by molar-refractivity contribution is -0.118. The Balaban J connectivity index is 1.70. The summed E-state index contributed by atoms with van der Waals surface area (Å²) in [6.45, 7) is 0.617. The van der Waals surface area contributed by atoms with Crippen LogP contribution in [-0.4, -0.2) is 11.9 Å². The molecule has 1 aliphatic rings. The molecule has 0 bridgehead atoms. The first kappa shape index (κ1) is 13.7. The van der Waals surface area contributed by atoms with Gasteiger partial charge in [0.05, 0.1) is 6.04 Å². The molecule has 21 heavy (non-hydrogen) atoms. The Morgan fingerprint density at radius 3 is 2.62 bits per heavy atom. The fraction of sp³-hybridized carbons (Fsp3) is 0.188. The average molecular weight is 288 g/mol. The molecule has 2 aromatic rings. The zero-order valence-electron chi connectivity index (χ0n) is 11.2. The van der Waals surface area contributed by atoms with E-state index in [9.17, 15) is 13.6 Å². The summed E-state index contributed by atoms with van der Waals surface area (Å²) in [6.07, 6.45) is 0.575. The van der Waals surface area contributed by atoms with Crippen LogP contribution >= 0.6 is 0 Å². The zero-order chi connectivity index (χ0) is 14.8. The number of rotatable bonds is 2. The maximum absolute atomic E-state index is 13.1. The molecule has 108 valence electrons. The van der Waals surface area contributed by atoms with Crippen molar-refractivity contribution in [3.8, 4) is 0 Å². The minimum atomic E-state index is -0.977. The van der Waals surface area contributed by atoms with Gasteiger partial charge in [0.2, 0.25) is 5.91 Å². The first-order valence-electron chi connectivity index (χ1n) is 6.69. The molecule has 1 atom stereocenters. The SMILES string of the molecule is O=C(Nc1ccc(F)c(F)c1)[C@@H]1Cc2ccccc2CN1. The Hall–Kier alpha value is -2.27. The molecule has 5 heteroatoms. The van der Waals surface area contributed by atoms with Gasteiger partial charge >= 0.3 is 0 Å². The average Bonchev–Trinajstić information content (AvgIpc) is 2.50. The van der Waals surface area contributed by atoms with E-state index in [2.05, 4.69) is 10.6 Å². The molecule has 0 saturated carbocycles. The Labute approximate surface area is 121 Å². The van der Waals surface area contributed by atoms with E-state index in [1.165, 1.54) is 11.6 Å². The minimum Gasteiger partial charge on any atom is -0.325 e. The molecule has 0 aliphatic carbocycles. The van der Waals surface area contributed by atoms with Crippen molar-refractivity contribution in [2.75, 3.05) is 5.32 Å². The maximum Gasteiger partial charge on any atom is 0.241 e. The second-order valence-corrected chi connectivity index (χ2v) is 5.02. The number of hydrogen-bond donors (Lipinski definition) is 2. The number of carbonyl (C=O) groups is 1. The Morgan fingerprint density at radius 2 is 1.86 bits per heavy atom. The topological polar surface area (TPSA) is 41.1 Å². The molecule has 2 aromatic carbocycles. The lowest BCUT2D eigenvalue weighted by Crippen LogP contribution is -2.44. The van der Waals surface area contributed by atoms with Gasteiger partial charge in [0.25, 0.3) is 0 Å². The molecule has 1 amide bonds. The fourth-order valence-electron chi connectivity index (χ4n) is 2.44. The summed E-state index contributed by atoms with van der Waals surface area (Å²) >= 11 is 0. The summed E-state index contributed by atoms with van der Waals surface area (Å²) in [5.74, 6) is -2.16. The summed E-state index contributed by atoms with van der Waals surface area (Å²) in [4.78, 5) is 12.2. The van der Waals surface area contributed by atoms with Crippen LogP contribution in [0.1, 0.15) is 11.1 Å². The van der Waals surface area contributed by atoms with Crippen molar-refractivity contribution in [2.45, 2.75) is 19.0 Å². The van der Waals surface area contributed by atoms with Gasteiger partial charge in [-0.1, -0.05) is 24.3 Å². The van der Waals surface area contributed by atoms with Crippen LogP contribution in [-0.2, 0) is 17.8 Å². The van der Waals surface area contributed by atoms with E-state index in [4.69, 9.17) is 0 Å². The smallest absolute Gasteiger partial charge is 0.241 e. The summed E-state index contributed by atoms with van der Waals surface area (Å²) in [6, 6.07) is 10.8. The number of nitrogens with one attached hydrogen (secondary N) is 2. The lowest BCUT2D eigenvalue weighted by Gasteiger charge is -2.25. The molecule has 0 saturated heterocycles. The zero-order valence-corrected chi connectivity index (χ0v) is 11.2. The molecule has 0 radical (unpaired) electrons. The van der Waals surface area contributed by atoms with Crippen molar-refractivity contribution in [2.24, 2.45) is 0 Å². The summed E-state index contributed by atoms with van der Waals surface area (Å²) in [7, 11) is 0. The Morgan fingerprint density at radius 1 is 1.10 bits per heavy atom. The third kappa shape index (κ3) is 2.92. The van der Waals surface area contributed by atoms with E-state index in [0.29, 0.717) is 13.0 Å². The van der Waals surface area contributed by atoms with Gasteiger partial charge in [-0.3, -0.25) is 4.79 Å². The first-order chi connectivity index (χ1) is 10.1. The standard InChI is InChI=1S/C16H14F2N2O/c17-13-6-5-12(8-14(13)18)20-16(21)15-7-10-3-1-2-4-11(10)9-19-15/h1-6,8,15,19H,7,9H2,(H,20,21)/t15-/m0/s1. The van der Waals surface area contributed by atoms with E-state index in [1.807, 2.05) is 24.3 Å². The normalized spacial score (nSPS) is 17.1. The maximum atomic E-state index is 13.1. The van der Waals surface area contributed by atoms with Gasteiger partial charge in [-0.15, -0.1) is 0 Å². The number of fused-ring (bicyclic) bond motifs is 1. The third-order valence-electron chi connectivity index (χ3n) is 3.58. The first-order valence-corrected chi connectivity index (χ1v) is 6.69. The van der Waals surface area contributed by atoms with Gasteiger partial charge in [0.1, 0.15) is 0 Å². The Bertz CT molecular complexity index is 688. The van der Waals surface area contributed by atoms with Crippen LogP contribution < -0.4 is 10.6 Å². The molecule has 0 spiro atoms. The number of benzene rings is 2. The van der Waals surface area contributed by atoms with Crippen LogP contribution in [0.15, 0.2) is 42.5 Å². The number of carbonyl (C=O) groups excluding carboxylic acids is 1. The van der Waals surface area contributed by atoms with Crippen molar-refractivity contribution in [3.05, 3.63) is 65.2 Å². The Kier molecular flexibility index (Phi) is 3.66. The van der Waals surface area contributed by atoms with Crippen molar-refractivity contribution in [1.29, 1.82) is 0 Å². The van der Waals surface area contributed by atoms with Gasteiger partial charge in [-0.25, -0.2) is 8.78 Å². The second kappa shape index (κ2) is 5.61. The van der Waals surface area contributed by atoms with Crippen molar-refractivity contribution in [1.82, 2.24) is 5.32 Å². The largest absolute Gasteiger partial charge is 0.325 e. The molecule has 1 heterocycles. The number of anilines is 1. The quantitative estimate of drug-likeness (QED) is 0.892. The second-order valence-electron chi connectivity index (χ2n) is 5.02. The molecule has 1 aliphatic heterocycles. The van der Waals surface area contributed by atoms with Crippen LogP contribution in [0.2, 0.25) is 0 Å². The van der Waals surface area contributed by atoms with E-state index in [1.54, 1.807) is 0 Å². The highest BCUT2D eigenvalue weighted by molar-refractivity contribution is 5.95. The fourth-order valence-corrected chi connectivity index (χ4v) is 2.44. The van der Waals surface area contributed by atoms with Gasteiger partial charge in [0.15, 0.2) is 11.6 Å². The van der Waals surface area contributed by atoms with E-state index in [-0.39, 0.29) is 17.6 Å². The van der Waals surface area contributed by atoms with Gasteiger partial charge < -0.3 is 10.6 Å². The molecule has 3 nitrogen and oxygen atoms in total. The predicted octanol–water partition coefficient (Wildman–Crippen LogP) is 2.62. The van der Waals surface area contributed by atoms with Gasteiger partial charge in [-0.05, 0) is 29.7 Å². The molecule has 0 aromatic heterocycles.